The number of hydrogen-bond donors (Lipinski definition) is 1. The number of nitrogens with two attached hydrogens (primary N) is 1. The Kier molecular flexibility index (Phi) is 9.49. The lowest BCUT2D eigenvalue weighted by atomic mass is 10.1. The molecule has 1 heterocycles. The van der Waals surface area contributed by atoms with E-state index in [-0.39, 0.29) is 36.3 Å². The van der Waals surface area contributed by atoms with E-state index in [0.717, 1.165) is 37.8 Å². The van der Waals surface area contributed by atoms with Crippen molar-refractivity contribution in [3.63, 3.8) is 0 Å². The summed E-state index contributed by atoms with van der Waals surface area (Å²) in [7, 11) is -3.64. The molecule has 1 aromatic rings. The van der Waals surface area contributed by atoms with Crippen molar-refractivity contribution >= 4 is 28.3 Å². The predicted molar refractivity (Wildman–Crippen MR) is 101 cm³/mol. The van der Waals surface area contributed by atoms with Gasteiger partial charge in [0.2, 0.25) is 15.9 Å². The van der Waals surface area contributed by atoms with Crippen molar-refractivity contribution in [3.8, 4) is 0 Å². The van der Waals surface area contributed by atoms with Gasteiger partial charge in [0.15, 0.2) is 0 Å². The number of unbranched alkanes of at least 4 members (excludes halogenated alkanes) is 3. The zero-order valence-electron chi connectivity index (χ0n) is 14.8. The van der Waals surface area contributed by atoms with Crippen molar-refractivity contribution in [1.82, 2.24) is 9.21 Å². The smallest absolute Gasteiger partial charge is 0.243 e. The fourth-order valence-electron chi connectivity index (χ4n) is 2.87. The minimum Gasteiger partial charge on any atom is -0.340 e. The van der Waals surface area contributed by atoms with Crippen LogP contribution in [0.2, 0.25) is 0 Å². The average Bonchev–Trinajstić information content (AvgIpc) is 2.62. The Hall–Kier alpha value is -1.22. The van der Waals surface area contributed by atoms with E-state index >= 15 is 0 Å². The molecule has 0 unspecified atom stereocenters. The van der Waals surface area contributed by atoms with Gasteiger partial charge in [-0.25, -0.2) is 12.8 Å². The van der Waals surface area contributed by atoms with Gasteiger partial charge < -0.3 is 10.6 Å². The van der Waals surface area contributed by atoms with Gasteiger partial charge in [0.25, 0.3) is 0 Å². The third kappa shape index (κ3) is 6.19. The average molecular weight is 408 g/mol. The first-order chi connectivity index (χ1) is 11.9. The molecule has 9 heteroatoms. The number of benzene rings is 1. The van der Waals surface area contributed by atoms with Gasteiger partial charge >= 0.3 is 0 Å². The van der Waals surface area contributed by atoms with Gasteiger partial charge in [-0.05, 0) is 43.7 Å². The first-order valence-electron chi connectivity index (χ1n) is 8.68. The summed E-state index contributed by atoms with van der Waals surface area (Å²) >= 11 is 0. The van der Waals surface area contributed by atoms with Crippen LogP contribution in [0.15, 0.2) is 29.2 Å². The molecule has 26 heavy (non-hydrogen) atoms. The number of halogens is 2. The summed E-state index contributed by atoms with van der Waals surface area (Å²) < 4.78 is 39.4. The van der Waals surface area contributed by atoms with E-state index in [1.165, 1.54) is 16.4 Å². The zero-order chi connectivity index (χ0) is 18.3. The van der Waals surface area contributed by atoms with Crippen LogP contribution < -0.4 is 5.73 Å². The lowest BCUT2D eigenvalue weighted by molar-refractivity contribution is -0.132. The molecule has 0 bridgehead atoms. The minimum atomic E-state index is -3.64. The topological polar surface area (TPSA) is 83.7 Å². The molecule has 6 nitrogen and oxygen atoms in total. The quantitative estimate of drug-likeness (QED) is 0.668. The molecular weight excluding hydrogens is 381 g/mol. The van der Waals surface area contributed by atoms with Crippen molar-refractivity contribution in [3.05, 3.63) is 30.1 Å². The second kappa shape index (κ2) is 10.8. The van der Waals surface area contributed by atoms with Crippen LogP contribution in [0.25, 0.3) is 0 Å². The van der Waals surface area contributed by atoms with Gasteiger partial charge in [-0.3, -0.25) is 4.79 Å². The molecular formula is C17H27ClFN3O3S. The first-order valence-corrected chi connectivity index (χ1v) is 10.1. The summed E-state index contributed by atoms with van der Waals surface area (Å²) in [5.74, 6) is -0.396. The summed E-state index contributed by atoms with van der Waals surface area (Å²) in [6.45, 7) is 1.99. The monoisotopic (exact) mass is 407 g/mol. The second-order valence-corrected chi connectivity index (χ2v) is 8.13. The molecule has 1 saturated heterocycles. The van der Waals surface area contributed by atoms with Gasteiger partial charge in [-0.15, -0.1) is 12.4 Å². The summed E-state index contributed by atoms with van der Waals surface area (Å²) in [4.78, 5) is 14.0. The van der Waals surface area contributed by atoms with E-state index in [4.69, 9.17) is 5.73 Å². The highest BCUT2D eigenvalue weighted by Crippen LogP contribution is 2.18. The molecule has 0 spiro atoms. The first kappa shape index (κ1) is 22.8. The van der Waals surface area contributed by atoms with E-state index in [1.54, 1.807) is 4.90 Å². The van der Waals surface area contributed by atoms with Crippen LogP contribution >= 0.6 is 12.4 Å². The Bertz CT molecular complexity index is 662. The Morgan fingerprint density at radius 2 is 1.58 bits per heavy atom. The van der Waals surface area contributed by atoms with Crippen LogP contribution in [-0.2, 0) is 14.8 Å². The zero-order valence-corrected chi connectivity index (χ0v) is 16.4. The Balaban J connectivity index is 0.00000338. The third-order valence-corrected chi connectivity index (χ3v) is 6.30. The van der Waals surface area contributed by atoms with E-state index in [1.807, 2.05) is 0 Å². The molecule has 2 N–H and O–H groups in total. The van der Waals surface area contributed by atoms with Crippen LogP contribution in [0.3, 0.4) is 0 Å². The number of amides is 1. The van der Waals surface area contributed by atoms with Gasteiger partial charge in [0, 0.05) is 32.6 Å². The maximum absolute atomic E-state index is 13.0. The maximum atomic E-state index is 13.0. The molecule has 1 aromatic carbocycles. The number of rotatable bonds is 8. The minimum absolute atomic E-state index is 0. The molecule has 2 rings (SSSR count). The number of carbonyl (C=O) groups excluding carboxylic acids is 1. The van der Waals surface area contributed by atoms with Gasteiger partial charge in [0.05, 0.1) is 4.90 Å². The fraction of sp³-hybridized carbons (Fsp3) is 0.588. The van der Waals surface area contributed by atoms with E-state index in [9.17, 15) is 17.6 Å². The lowest BCUT2D eigenvalue weighted by Crippen LogP contribution is -2.50. The highest BCUT2D eigenvalue weighted by Gasteiger charge is 2.29. The molecule has 1 aliphatic rings. The number of carbonyl (C=O) groups is 1. The van der Waals surface area contributed by atoms with Gasteiger partial charge in [-0.2, -0.15) is 4.31 Å². The molecule has 0 atom stereocenters. The highest BCUT2D eigenvalue weighted by molar-refractivity contribution is 7.89. The Morgan fingerprint density at radius 3 is 2.15 bits per heavy atom. The standard InChI is InChI=1S/C17H26FN3O3S.ClH/c18-15-6-8-16(9-7-15)25(23,24)21-13-11-20(12-14-21)17(22)5-3-1-2-4-10-19;/h6-9H,1-5,10-14,19H2;1H. The molecule has 1 amide bonds. The third-order valence-electron chi connectivity index (χ3n) is 4.39. The normalized spacial score (nSPS) is 15.5. The molecule has 0 aromatic heterocycles. The van der Waals surface area contributed by atoms with Crippen LogP contribution in [0.4, 0.5) is 4.39 Å². The van der Waals surface area contributed by atoms with E-state index in [2.05, 4.69) is 0 Å². The van der Waals surface area contributed by atoms with Crippen molar-refractivity contribution < 1.29 is 17.6 Å². The molecule has 1 aliphatic heterocycles. The molecule has 148 valence electrons. The molecule has 0 saturated carbocycles. The van der Waals surface area contributed by atoms with E-state index in [0.29, 0.717) is 26.1 Å². The molecule has 0 radical (unpaired) electrons. The lowest BCUT2D eigenvalue weighted by Gasteiger charge is -2.34. The number of sulfonamides is 1. The van der Waals surface area contributed by atoms with Crippen molar-refractivity contribution in [2.75, 3.05) is 32.7 Å². The van der Waals surface area contributed by atoms with Crippen molar-refractivity contribution in [1.29, 1.82) is 0 Å². The molecule has 1 fully saturated rings. The van der Waals surface area contributed by atoms with Gasteiger partial charge in [-0.1, -0.05) is 12.8 Å². The second-order valence-electron chi connectivity index (χ2n) is 6.19. The number of piperazine rings is 1. The van der Waals surface area contributed by atoms with Crippen molar-refractivity contribution in [2.24, 2.45) is 5.73 Å². The SMILES string of the molecule is Cl.NCCCCCCC(=O)N1CCN(S(=O)(=O)c2ccc(F)cc2)CC1. The largest absolute Gasteiger partial charge is 0.340 e. The number of nitrogens with zero attached hydrogens (tertiary/aromatic N) is 2. The van der Waals surface area contributed by atoms with Crippen LogP contribution in [0, 0.1) is 5.82 Å². The summed E-state index contributed by atoms with van der Waals surface area (Å²) in [5, 5.41) is 0. The fourth-order valence-corrected chi connectivity index (χ4v) is 4.29. The maximum Gasteiger partial charge on any atom is 0.243 e. The van der Waals surface area contributed by atoms with Crippen LogP contribution in [-0.4, -0.2) is 56.3 Å². The van der Waals surface area contributed by atoms with Gasteiger partial charge in [0.1, 0.15) is 5.82 Å². The highest BCUT2D eigenvalue weighted by atomic mass is 35.5. The number of hydrogen-bond acceptors (Lipinski definition) is 4. The summed E-state index contributed by atoms with van der Waals surface area (Å²) in [5.41, 5.74) is 5.44. The van der Waals surface area contributed by atoms with Crippen LogP contribution in [0.5, 0.6) is 0 Å². The summed E-state index contributed by atoms with van der Waals surface area (Å²) in [6, 6.07) is 4.81. The van der Waals surface area contributed by atoms with Crippen LogP contribution in [0.1, 0.15) is 32.1 Å². The summed E-state index contributed by atoms with van der Waals surface area (Å²) in [6.07, 6.45) is 4.34. The van der Waals surface area contributed by atoms with Crippen molar-refractivity contribution in [2.45, 2.75) is 37.0 Å². The molecule has 0 aliphatic carbocycles. The predicted octanol–water partition coefficient (Wildman–Crippen LogP) is 1.99. The Labute approximate surface area is 161 Å². The van der Waals surface area contributed by atoms with E-state index < -0.39 is 15.8 Å². The Morgan fingerprint density at radius 1 is 1.00 bits per heavy atom.